The van der Waals surface area contributed by atoms with Crippen LogP contribution in [0.5, 0.6) is 0 Å². The van der Waals surface area contributed by atoms with E-state index in [-0.39, 0.29) is 5.15 Å². The molecular weight excluding hydrogens is 202 g/mol. The number of nitrogens with zero attached hydrogens (tertiary/aromatic N) is 3. The molecule has 3 N–H and O–H groups in total. The fourth-order valence-corrected chi connectivity index (χ4v) is 1.62. The van der Waals surface area contributed by atoms with Gasteiger partial charge < -0.3 is 5.73 Å². The lowest BCUT2D eigenvalue weighted by Gasteiger charge is -2.00. The molecule has 14 heavy (non-hydrogen) atoms. The Kier molecular flexibility index (Phi) is 1.79. The lowest BCUT2D eigenvalue weighted by molar-refractivity contribution is 1.10. The van der Waals surface area contributed by atoms with Crippen molar-refractivity contribution in [1.29, 1.82) is 5.26 Å². The molecule has 0 radical (unpaired) electrons. The number of halogens is 1. The summed E-state index contributed by atoms with van der Waals surface area (Å²) in [5.41, 5.74) is 7.12. The molecule has 70 valence electrons. The third-order valence-corrected chi connectivity index (χ3v) is 2.32. The Morgan fingerprint density at radius 2 is 2.29 bits per heavy atom. The highest BCUT2D eigenvalue weighted by Gasteiger charge is 2.14. The first-order chi connectivity index (χ1) is 6.65. The van der Waals surface area contributed by atoms with Gasteiger partial charge in [0.1, 0.15) is 17.0 Å². The van der Waals surface area contributed by atoms with E-state index in [4.69, 9.17) is 22.6 Å². The van der Waals surface area contributed by atoms with Crippen LogP contribution in [0.4, 0.5) is 5.82 Å². The number of nitrogens with one attached hydrogen (secondary N) is 1. The van der Waals surface area contributed by atoms with E-state index in [9.17, 15) is 0 Å². The molecular formula is C8H6ClN5. The van der Waals surface area contributed by atoms with E-state index in [0.717, 1.165) is 0 Å². The number of aromatic nitrogens is 3. The summed E-state index contributed by atoms with van der Waals surface area (Å²) in [6.45, 7) is 1.76. The summed E-state index contributed by atoms with van der Waals surface area (Å²) in [5, 5.41) is 16.1. The Morgan fingerprint density at radius 3 is 2.93 bits per heavy atom. The molecule has 0 saturated heterocycles. The number of nitrogen functional groups attached to an aromatic ring is 1. The molecule has 0 unspecified atom stereocenters. The van der Waals surface area contributed by atoms with Crippen molar-refractivity contribution in [2.24, 2.45) is 0 Å². The van der Waals surface area contributed by atoms with Crippen molar-refractivity contribution in [2.75, 3.05) is 5.73 Å². The third kappa shape index (κ3) is 1.01. The van der Waals surface area contributed by atoms with Crippen molar-refractivity contribution in [2.45, 2.75) is 6.92 Å². The predicted molar refractivity (Wildman–Crippen MR) is 52.8 cm³/mol. The highest BCUT2D eigenvalue weighted by atomic mass is 35.5. The van der Waals surface area contributed by atoms with Gasteiger partial charge in [-0.15, -0.1) is 0 Å². The maximum absolute atomic E-state index is 8.84. The zero-order chi connectivity index (χ0) is 10.3. The number of pyridine rings is 1. The first kappa shape index (κ1) is 8.78. The van der Waals surface area contributed by atoms with Crippen LogP contribution in [0.1, 0.15) is 11.1 Å². The first-order valence-corrected chi connectivity index (χ1v) is 4.22. The molecule has 5 nitrogen and oxygen atoms in total. The number of aromatic amines is 1. The van der Waals surface area contributed by atoms with Crippen LogP contribution in [0.15, 0.2) is 0 Å². The van der Waals surface area contributed by atoms with Crippen LogP contribution in [0, 0.1) is 18.3 Å². The lowest BCUT2D eigenvalue weighted by atomic mass is 10.1. The molecule has 0 atom stereocenters. The minimum Gasteiger partial charge on any atom is -0.384 e. The van der Waals surface area contributed by atoms with Crippen LogP contribution in [0.3, 0.4) is 0 Å². The number of nitriles is 1. The van der Waals surface area contributed by atoms with E-state index >= 15 is 0 Å². The Balaban J connectivity index is 2.98. The number of hydrogen-bond acceptors (Lipinski definition) is 4. The van der Waals surface area contributed by atoms with Gasteiger partial charge in [0.25, 0.3) is 0 Å². The summed E-state index contributed by atoms with van der Waals surface area (Å²) in [6.07, 6.45) is 0. The van der Waals surface area contributed by atoms with E-state index in [2.05, 4.69) is 15.2 Å². The van der Waals surface area contributed by atoms with Crippen molar-refractivity contribution >= 4 is 28.5 Å². The van der Waals surface area contributed by atoms with Crippen LogP contribution in [0.25, 0.3) is 11.0 Å². The number of aryl methyl sites for hydroxylation is 1. The summed E-state index contributed by atoms with van der Waals surface area (Å²) in [4.78, 5) is 3.95. The SMILES string of the molecule is Cc1c(C#N)c(Cl)nc2n[nH]c(N)c12. The first-order valence-electron chi connectivity index (χ1n) is 3.85. The van der Waals surface area contributed by atoms with Gasteiger partial charge in [0, 0.05) is 0 Å². The summed E-state index contributed by atoms with van der Waals surface area (Å²) < 4.78 is 0. The van der Waals surface area contributed by atoms with E-state index in [1.165, 1.54) is 0 Å². The Hall–Kier alpha value is -1.80. The van der Waals surface area contributed by atoms with Crippen molar-refractivity contribution in [3.05, 3.63) is 16.3 Å². The average molecular weight is 208 g/mol. The molecule has 0 aromatic carbocycles. The van der Waals surface area contributed by atoms with Crippen LogP contribution in [-0.2, 0) is 0 Å². The monoisotopic (exact) mass is 207 g/mol. The van der Waals surface area contributed by atoms with E-state index in [0.29, 0.717) is 28.0 Å². The second-order valence-electron chi connectivity index (χ2n) is 2.85. The second-order valence-corrected chi connectivity index (χ2v) is 3.21. The van der Waals surface area contributed by atoms with Gasteiger partial charge in [0.2, 0.25) is 0 Å². The quantitative estimate of drug-likeness (QED) is 0.639. The fraction of sp³-hybridized carbons (Fsp3) is 0.125. The standard InChI is InChI=1S/C8H6ClN5/c1-3-4(2-10)6(9)12-8-5(3)7(11)13-14-8/h1H3,(H3,11,12,13,14). The average Bonchev–Trinajstić information content (AvgIpc) is 2.48. The van der Waals surface area contributed by atoms with Crippen LogP contribution in [0.2, 0.25) is 5.15 Å². The molecule has 0 fully saturated rings. The maximum atomic E-state index is 8.84. The third-order valence-electron chi connectivity index (χ3n) is 2.05. The number of nitrogens with two attached hydrogens (primary N) is 1. The Labute approximate surface area is 84.5 Å². The zero-order valence-electron chi connectivity index (χ0n) is 7.30. The molecule has 0 aliphatic heterocycles. The molecule has 0 aliphatic carbocycles. The molecule has 0 amide bonds. The van der Waals surface area contributed by atoms with Crippen molar-refractivity contribution in [3.8, 4) is 6.07 Å². The largest absolute Gasteiger partial charge is 0.384 e. The molecule has 0 saturated carbocycles. The topological polar surface area (TPSA) is 91.4 Å². The minimum atomic E-state index is 0.156. The molecule has 2 aromatic rings. The lowest BCUT2D eigenvalue weighted by Crippen LogP contribution is -1.92. The van der Waals surface area contributed by atoms with E-state index in [1.807, 2.05) is 6.07 Å². The van der Waals surface area contributed by atoms with E-state index < -0.39 is 0 Å². The minimum absolute atomic E-state index is 0.156. The summed E-state index contributed by atoms with van der Waals surface area (Å²) in [5.74, 6) is 0.401. The summed E-state index contributed by atoms with van der Waals surface area (Å²) >= 11 is 5.79. The molecule has 2 heterocycles. The highest BCUT2D eigenvalue weighted by molar-refractivity contribution is 6.31. The van der Waals surface area contributed by atoms with Gasteiger partial charge in [-0.05, 0) is 12.5 Å². The number of fused-ring (bicyclic) bond motifs is 1. The zero-order valence-corrected chi connectivity index (χ0v) is 8.05. The number of hydrogen-bond donors (Lipinski definition) is 2. The van der Waals surface area contributed by atoms with Crippen molar-refractivity contribution < 1.29 is 0 Å². The highest BCUT2D eigenvalue weighted by Crippen LogP contribution is 2.27. The second kappa shape index (κ2) is 2.86. The van der Waals surface area contributed by atoms with Gasteiger partial charge in [-0.1, -0.05) is 11.6 Å². The van der Waals surface area contributed by atoms with Crippen LogP contribution < -0.4 is 5.73 Å². The van der Waals surface area contributed by atoms with Gasteiger partial charge in [-0.2, -0.15) is 10.4 Å². The molecule has 0 spiro atoms. The van der Waals surface area contributed by atoms with Gasteiger partial charge in [0.05, 0.1) is 10.9 Å². The van der Waals surface area contributed by atoms with Gasteiger partial charge in [-0.25, -0.2) is 4.98 Å². The Bertz CT molecular complexity index is 551. The summed E-state index contributed by atoms with van der Waals surface area (Å²) in [7, 11) is 0. The van der Waals surface area contributed by atoms with Crippen LogP contribution >= 0.6 is 11.6 Å². The van der Waals surface area contributed by atoms with Crippen molar-refractivity contribution in [1.82, 2.24) is 15.2 Å². The Morgan fingerprint density at radius 1 is 1.57 bits per heavy atom. The molecule has 0 bridgehead atoms. The molecule has 2 rings (SSSR count). The fourth-order valence-electron chi connectivity index (χ4n) is 1.35. The summed E-state index contributed by atoms with van der Waals surface area (Å²) in [6, 6.07) is 1.98. The van der Waals surface area contributed by atoms with Gasteiger partial charge >= 0.3 is 0 Å². The number of anilines is 1. The van der Waals surface area contributed by atoms with E-state index in [1.54, 1.807) is 6.92 Å². The van der Waals surface area contributed by atoms with Gasteiger partial charge in [-0.3, -0.25) is 5.10 Å². The normalized spacial score (nSPS) is 10.4. The molecule has 6 heteroatoms. The predicted octanol–water partition coefficient (Wildman–Crippen LogP) is 1.37. The number of rotatable bonds is 0. The van der Waals surface area contributed by atoms with Gasteiger partial charge in [0.15, 0.2) is 5.65 Å². The number of H-pyrrole nitrogens is 1. The molecule has 0 aliphatic rings. The smallest absolute Gasteiger partial charge is 0.184 e. The van der Waals surface area contributed by atoms with Crippen molar-refractivity contribution in [3.63, 3.8) is 0 Å². The van der Waals surface area contributed by atoms with Crippen LogP contribution in [-0.4, -0.2) is 15.2 Å². The molecule has 2 aromatic heterocycles. The maximum Gasteiger partial charge on any atom is 0.184 e.